The minimum absolute atomic E-state index is 0.0229. The Morgan fingerprint density at radius 2 is 1.85 bits per heavy atom. The van der Waals surface area contributed by atoms with Crippen molar-refractivity contribution >= 4 is 50.3 Å². The second kappa shape index (κ2) is 17.7. The molecule has 2 fully saturated rings. The van der Waals surface area contributed by atoms with E-state index in [2.05, 4.69) is 31.0 Å². The number of ether oxygens (including phenoxy) is 3. The third-order valence-corrected chi connectivity index (χ3v) is 9.88. The monoisotopic (exact) mass is 817 g/mol. The van der Waals surface area contributed by atoms with Crippen LogP contribution in [0.25, 0.3) is 11.2 Å². The molecule has 8 N–H and O–H groups in total. The number of hydrogen-bond acceptors (Lipinski definition) is 18. The summed E-state index contributed by atoms with van der Waals surface area (Å²) in [6, 6.07) is 1.28. The number of aromatic nitrogens is 6. The van der Waals surface area contributed by atoms with E-state index in [9.17, 15) is 43.3 Å². The molecule has 5 heterocycles. The molecule has 1 amide bonds. The number of amides is 1. The lowest BCUT2D eigenvalue weighted by atomic mass is 10.1. The summed E-state index contributed by atoms with van der Waals surface area (Å²) in [5.41, 5.74) is 10.9. The van der Waals surface area contributed by atoms with Gasteiger partial charge in [-0.2, -0.15) is 4.98 Å². The third-order valence-electron chi connectivity index (χ3n) is 8.39. The zero-order valence-corrected chi connectivity index (χ0v) is 31.0. The molecule has 0 radical (unpaired) electrons. The fourth-order valence-corrected chi connectivity index (χ4v) is 7.19. The van der Waals surface area contributed by atoms with Crippen molar-refractivity contribution < 1.29 is 66.3 Å². The van der Waals surface area contributed by atoms with E-state index in [0.29, 0.717) is 12.8 Å². The average molecular weight is 818 g/mol. The lowest BCUT2D eigenvalue weighted by molar-refractivity contribution is -0.160. The Labute approximate surface area is 311 Å². The maximum atomic E-state index is 13.4. The van der Waals surface area contributed by atoms with Crippen molar-refractivity contribution in [3.63, 3.8) is 0 Å². The number of carbonyl (C=O) groups excluding carboxylic acids is 2. The van der Waals surface area contributed by atoms with Crippen LogP contribution >= 0.6 is 15.6 Å². The molecule has 24 nitrogen and oxygen atoms in total. The van der Waals surface area contributed by atoms with Crippen molar-refractivity contribution in [2.75, 3.05) is 37.8 Å². The molecule has 0 bridgehead atoms. The minimum Gasteiger partial charge on any atom is -0.455 e. The van der Waals surface area contributed by atoms with Crippen LogP contribution in [-0.2, 0) is 46.5 Å². The molecule has 5 rings (SSSR count). The van der Waals surface area contributed by atoms with E-state index in [4.69, 9.17) is 34.7 Å². The largest absolute Gasteiger partial charge is 0.472 e. The molecule has 2 aliphatic heterocycles. The number of fused-ring (bicyclic) bond motifs is 1. The summed E-state index contributed by atoms with van der Waals surface area (Å²) < 4.78 is 59.5. The number of nitrogens with two attached hydrogens (primary N) is 2. The molecule has 302 valence electrons. The van der Waals surface area contributed by atoms with Crippen molar-refractivity contribution in [1.29, 1.82) is 0 Å². The van der Waals surface area contributed by atoms with Crippen LogP contribution in [0.3, 0.4) is 0 Å². The van der Waals surface area contributed by atoms with Crippen LogP contribution in [-0.4, -0.2) is 122 Å². The average Bonchev–Trinajstić information content (AvgIpc) is 3.80. The van der Waals surface area contributed by atoms with E-state index in [1.165, 1.54) is 28.1 Å². The molecule has 3 aromatic rings. The maximum Gasteiger partial charge on any atom is 0.472 e. The highest BCUT2D eigenvalue weighted by molar-refractivity contribution is 7.47. The van der Waals surface area contributed by atoms with Gasteiger partial charge in [0.1, 0.15) is 54.9 Å². The van der Waals surface area contributed by atoms with Crippen LogP contribution < -0.4 is 17.2 Å². The van der Waals surface area contributed by atoms with Gasteiger partial charge in [0.25, 0.3) is 0 Å². The smallest absolute Gasteiger partial charge is 0.455 e. The van der Waals surface area contributed by atoms with Crippen LogP contribution in [0.2, 0.25) is 0 Å². The molecule has 3 aromatic heterocycles. The minimum atomic E-state index is -5.17. The van der Waals surface area contributed by atoms with E-state index in [1.807, 2.05) is 6.92 Å². The Bertz CT molecular complexity index is 2010. The Kier molecular flexibility index (Phi) is 13.5. The zero-order chi connectivity index (χ0) is 40.1. The number of rotatable bonds is 18. The lowest BCUT2D eigenvalue weighted by Gasteiger charge is -2.25. The summed E-state index contributed by atoms with van der Waals surface area (Å²) in [7, 11) is -10.2. The van der Waals surface area contributed by atoms with Gasteiger partial charge in [-0.3, -0.25) is 32.3 Å². The van der Waals surface area contributed by atoms with Crippen molar-refractivity contribution in [3.8, 4) is 0 Å². The fourth-order valence-electron chi connectivity index (χ4n) is 5.89. The molecule has 8 atom stereocenters. The van der Waals surface area contributed by atoms with Gasteiger partial charge in [-0.1, -0.05) is 13.0 Å². The maximum absolute atomic E-state index is 13.4. The Morgan fingerprint density at radius 1 is 1.11 bits per heavy atom. The first-order valence-corrected chi connectivity index (χ1v) is 19.7. The van der Waals surface area contributed by atoms with Crippen molar-refractivity contribution in [2.24, 2.45) is 0 Å². The normalized spacial score (nSPS) is 25.1. The molecule has 55 heavy (non-hydrogen) atoms. The van der Waals surface area contributed by atoms with Crippen molar-refractivity contribution in [3.05, 3.63) is 48.1 Å². The molecule has 0 aromatic carbocycles. The molecule has 0 saturated carbocycles. The highest BCUT2D eigenvalue weighted by atomic mass is 31.2. The van der Waals surface area contributed by atoms with Gasteiger partial charge in [0.2, 0.25) is 5.91 Å². The molecule has 0 aliphatic carbocycles. The third kappa shape index (κ3) is 10.6. The van der Waals surface area contributed by atoms with Crippen LogP contribution in [0.5, 0.6) is 0 Å². The first-order chi connectivity index (χ1) is 26.0. The van der Waals surface area contributed by atoms with Gasteiger partial charge in [-0.15, -0.1) is 6.58 Å². The van der Waals surface area contributed by atoms with Gasteiger partial charge in [0.15, 0.2) is 23.8 Å². The number of anilines is 2. The summed E-state index contributed by atoms with van der Waals surface area (Å²) in [4.78, 5) is 84.8. The highest BCUT2D eigenvalue weighted by Gasteiger charge is 2.50. The lowest BCUT2D eigenvalue weighted by Crippen LogP contribution is -2.42. The molecule has 2 aliphatic rings. The quantitative estimate of drug-likeness (QED) is 0.0536. The number of imidazole rings is 1. The number of hydrogen-bond donors (Lipinski definition) is 6. The summed E-state index contributed by atoms with van der Waals surface area (Å²) in [5.74, 6) is -1.34. The van der Waals surface area contributed by atoms with Gasteiger partial charge in [0.05, 0.1) is 19.5 Å². The van der Waals surface area contributed by atoms with Crippen molar-refractivity contribution in [2.45, 2.75) is 75.6 Å². The van der Waals surface area contributed by atoms with Crippen LogP contribution in [0, 0.1) is 0 Å². The number of phosphoric ester groups is 2. The molecular weight excluding hydrogens is 776 g/mol. The molecule has 0 spiro atoms. The first kappa shape index (κ1) is 42.0. The SMILES string of the molecule is C=CCCC(=O)N(CCC)CC(=O)O[C@H]1[C@@H](O)[C@H](n2cnc3c(N)ncnc32)O[C@@H]1COP(=O)(O)O[C@H]1C[C@H](n2ccc(N)nc2=O)O[C@@H]1COP(=O)(O)O. The number of esters is 1. The van der Waals surface area contributed by atoms with E-state index in [-0.39, 0.29) is 48.1 Å². The predicted octanol–water partition coefficient (Wildman–Crippen LogP) is -0.478. The standard InChI is InChI=1S/C29H41N9O15P2/c1-3-5-6-20(39)36(8-4-2)11-22(40)52-25-18(51-28(24(25)41)38-15-34-23-26(31)32-14-33-27(23)38)13-49-55(46,47)53-16-10-21(37-9-7-19(30)35-29(37)42)50-17(16)12-48-54(43,44)45/h3,7,9,14-18,21,24-25,28,41H,1,4-6,8,10-13H2,2H3,(H,46,47)(H2,30,35,42)(H2,31,32,33)(H2,43,44,45)/t16-,17+,18+,21+,24+,25+,28+/m0/s1. The number of nitrogen functional groups attached to an aromatic ring is 2. The van der Waals surface area contributed by atoms with E-state index >= 15 is 0 Å². The Balaban J connectivity index is 1.34. The number of aliphatic hydroxyl groups is 1. The van der Waals surface area contributed by atoms with E-state index < -0.39 is 90.0 Å². The van der Waals surface area contributed by atoms with Crippen LogP contribution in [0.1, 0.15) is 45.1 Å². The first-order valence-electron chi connectivity index (χ1n) is 16.7. The molecule has 1 unspecified atom stereocenters. The van der Waals surface area contributed by atoms with Gasteiger partial charge in [-0.05, 0) is 18.9 Å². The fraction of sp³-hybridized carbons (Fsp3) is 0.552. The van der Waals surface area contributed by atoms with E-state index in [0.717, 1.165) is 10.9 Å². The summed E-state index contributed by atoms with van der Waals surface area (Å²) in [5, 5.41) is 11.5. The highest BCUT2D eigenvalue weighted by Crippen LogP contribution is 2.50. The number of nitrogens with zero attached hydrogens (tertiary/aromatic N) is 7. The van der Waals surface area contributed by atoms with Gasteiger partial charge in [-0.25, -0.2) is 28.9 Å². The summed E-state index contributed by atoms with van der Waals surface area (Å²) in [6.45, 7) is 3.47. The summed E-state index contributed by atoms with van der Waals surface area (Å²) in [6.07, 6.45) is -4.26. The number of allylic oxidation sites excluding steroid dienone is 1. The Hall–Kier alpha value is -4.19. The summed E-state index contributed by atoms with van der Waals surface area (Å²) >= 11 is 0. The Morgan fingerprint density at radius 3 is 2.55 bits per heavy atom. The second-order valence-corrected chi connectivity index (χ2v) is 15.0. The van der Waals surface area contributed by atoms with Gasteiger partial charge >= 0.3 is 27.3 Å². The van der Waals surface area contributed by atoms with Gasteiger partial charge < -0.3 is 50.4 Å². The zero-order valence-electron chi connectivity index (χ0n) is 29.3. The number of carbonyl (C=O) groups is 2. The van der Waals surface area contributed by atoms with Gasteiger partial charge in [0, 0.05) is 25.6 Å². The topological polar surface area (TPSA) is 338 Å². The molecule has 26 heteroatoms. The molecule has 2 saturated heterocycles. The van der Waals surface area contributed by atoms with E-state index in [1.54, 1.807) is 6.08 Å². The second-order valence-electron chi connectivity index (χ2n) is 12.3. The predicted molar refractivity (Wildman–Crippen MR) is 186 cm³/mol. The molecular formula is C29H41N9O15P2. The van der Waals surface area contributed by atoms with Crippen molar-refractivity contribution in [1.82, 2.24) is 34.0 Å². The number of phosphoric acid groups is 2. The van der Waals surface area contributed by atoms with Crippen LogP contribution in [0.15, 0.2) is 42.4 Å². The van der Waals surface area contributed by atoms with Crippen LogP contribution in [0.4, 0.5) is 11.6 Å². The number of aliphatic hydroxyl groups excluding tert-OH is 1.